The van der Waals surface area contributed by atoms with Crippen molar-refractivity contribution in [1.29, 1.82) is 0 Å². The Labute approximate surface area is 117 Å². The molecule has 1 saturated heterocycles. The Kier molecular flexibility index (Phi) is 4.03. The Balaban J connectivity index is 2.25. The first kappa shape index (κ1) is 14.5. The van der Waals surface area contributed by atoms with Gasteiger partial charge in [-0.15, -0.1) is 0 Å². The van der Waals surface area contributed by atoms with Crippen LogP contribution in [0.3, 0.4) is 0 Å². The van der Waals surface area contributed by atoms with Crippen LogP contribution in [0.1, 0.15) is 44.7 Å². The second-order valence-electron chi connectivity index (χ2n) is 7.07. The summed E-state index contributed by atoms with van der Waals surface area (Å²) in [7, 11) is 2.16. The Morgan fingerprint density at radius 3 is 2.05 bits per heavy atom. The zero-order chi connectivity index (χ0) is 14.1. The lowest BCUT2D eigenvalue weighted by Gasteiger charge is -2.40. The van der Waals surface area contributed by atoms with E-state index in [1.54, 1.807) is 0 Å². The van der Waals surface area contributed by atoms with Crippen LogP contribution in [0.4, 0.5) is 0 Å². The van der Waals surface area contributed by atoms with E-state index >= 15 is 0 Å². The summed E-state index contributed by atoms with van der Waals surface area (Å²) in [6, 6.07) is 8.90. The lowest BCUT2D eigenvalue weighted by atomic mass is 9.72. The maximum Gasteiger partial charge on any atom is 0.0528 e. The van der Waals surface area contributed by atoms with E-state index in [1.165, 1.54) is 11.1 Å². The third-order valence-electron chi connectivity index (χ3n) is 4.61. The molecule has 106 valence electrons. The van der Waals surface area contributed by atoms with Crippen molar-refractivity contribution < 1.29 is 5.11 Å². The lowest BCUT2D eigenvalue weighted by Crippen LogP contribution is -2.43. The fourth-order valence-corrected chi connectivity index (χ4v) is 2.91. The molecule has 0 aromatic heterocycles. The first-order valence-electron chi connectivity index (χ1n) is 7.28. The number of rotatable bonds is 2. The Morgan fingerprint density at radius 1 is 1.11 bits per heavy atom. The van der Waals surface area contributed by atoms with Gasteiger partial charge in [-0.25, -0.2) is 0 Å². The number of aliphatic hydroxyl groups excluding tert-OH is 1. The first-order valence-corrected chi connectivity index (χ1v) is 7.28. The Morgan fingerprint density at radius 2 is 1.63 bits per heavy atom. The van der Waals surface area contributed by atoms with Crippen LogP contribution in [0.2, 0.25) is 0 Å². The number of nitrogens with zero attached hydrogens (tertiary/aromatic N) is 1. The zero-order valence-electron chi connectivity index (χ0n) is 12.7. The van der Waals surface area contributed by atoms with E-state index in [4.69, 9.17) is 0 Å². The molecule has 0 aliphatic carbocycles. The van der Waals surface area contributed by atoms with Crippen molar-refractivity contribution >= 4 is 0 Å². The minimum absolute atomic E-state index is 0.0249. The van der Waals surface area contributed by atoms with Gasteiger partial charge < -0.3 is 10.0 Å². The fourth-order valence-electron chi connectivity index (χ4n) is 2.91. The van der Waals surface area contributed by atoms with Crippen molar-refractivity contribution in [3.05, 3.63) is 35.4 Å². The molecular formula is C17H27NO. The number of hydrogen-bond acceptors (Lipinski definition) is 2. The molecule has 0 unspecified atom stereocenters. The number of aliphatic hydroxyl groups is 1. The second-order valence-corrected chi connectivity index (χ2v) is 7.07. The molecule has 0 amide bonds. The van der Waals surface area contributed by atoms with Crippen LogP contribution < -0.4 is 0 Å². The molecule has 0 saturated carbocycles. The van der Waals surface area contributed by atoms with Crippen molar-refractivity contribution in [2.75, 3.05) is 26.7 Å². The maximum absolute atomic E-state index is 9.89. The van der Waals surface area contributed by atoms with E-state index in [1.807, 2.05) is 0 Å². The summed E-state index contributed by atoms with van der Waals surface area (Å²) in [4.78, 5) is 2.34. The molecule has 1 heterocycles. The lowest BCUT2D eigenvalue weighted by molar-refractivity contribution is 0.114. The van der Waals surface area contributed by atoms with E-state index in [2.05, 4.69) is 57.0 Å². The largest absolute Gasteiger partial charge is 0.395 e. The van der Waals surface area contributed by atoms with Crippen LogP contribution in [0.25, 0.3) is 0 Å². The number of piperidine rings is 1. The second kappa shape index (κ2) is 5.26. The van der Waals surface area contributed by atoms with Crippen LogP contribution in [-0.4, -0.2) is 36.8 Å². The normalized spacial score (nSPS) is 20.5. The van der Waals surface area contributed by atoms with Crippen LogP contribution in [0.15, 0.2) is 24.3 Å². The van der Waals surface area contributed by atoms with Gasteiger partial charge in [0.2, 0.25) is 0 Å². The molecule has 0 bridgehead atoms. The SMILES string of the molecule is CN1CCC(CO)(c2ccc(C(C)(C)C)cc2)CC1. The molecule has 0 spiro atoms. The van der Waals surface area contributed by atoms with Gasteiger partial charge in [0.1, 0.15) is 0 Å². The molecule has 2 rings (SSSR count). The van der Waals surface area contributed by atoms with E-state index in [0.717, 1.165) is 25.9 Å². The first-order chi connectivity index (χ1) is 8.87. The topological polar surface area (TPSA) is 23.5 Å². The monoisotopic (exact) mass is 261 g/mol. The summed E-state index contributed by atoms with van der Waals surface area (Å²) in [6.45, 7) is 9.11. The highest BCUT2D eigenvalue weighted by molar-refractivity contribution is 5.33. The third-order valence-corrected chi connectivity index (χ3v) is 4.61. The molecule has 1 N–H and O–H groups in total. The zero-order valence-corrected chi connectivity index (χ0v) is 12.7. The van der Waals surface area contributed by atoms with Crippen LogP contribution in [-0.2, 0) is 10.8 Å². The van der Waals surface area contributed by atoms with Gasteiger partial charge >= 0.3 is 0 Å². The van der Waals surface area contributed by atoms with Gasteiger partial charge in [-0.2, -0.15) is 0 Å². The highest BCUT2D eigenvalue weighted by Crippen LogP contribution is 2.35. The van der Waals surface area contributed by atoms with Crippen LogP contribution in [0, 0.1) is 0 Å². The maximum atomic E-state index is 9.89. The van der Waals surface area contributed by atoms with Crippen molar-refractivity contribution in [2.45, 2.75) is 44.4 Å². The van der Waals surface area contributed by atoms with Gasteiger partial charge in [-0.05, 0) is 49.5 Å². The molecule has 2 nitrogen and oxygen atoms in total. The van der Waals surface area contributed by atoms with Crippen molar-refractivity contribution in [3.63, 3.8) is 0 Å². The van der Waals surface area contributed by atoms with E-state index < -0.39 is 0 Å². The summed E-state index contributed by atoms with van der Waals surface area (Å²) in [5, 5.41) is 9.89. The molecule has 2 heteroatoms. The smallest absolute Gasteiger partial charge is 0.0528 e. The van der Waals surface area contributed by atoms with Gasteiger partial charge in [0.15, 0.2) is 0 Å². The van der Waals surface area contributed by atoms with Gasteiger partial charge in [-0.3, -0.25) is 0 Å². The van der Waals surface area contributed by atoms with Crippen molar-refractivity contribution in [2.24, 2.45) is 0 Å². The predicted molar refractivity (Wildman–Crippen MR) is 80.6 cm³/mol. The van der Waals surface area contributed by atoms with E-state index in [0.29, 0.717) is 0 Å². The summed E-state index contributed by atoms with van der Waals surface area (Å²) < 4.78 is 0. The Hall–Kier alpha value is -0.860. The number of likely N-dealkylation sites (tertiary alicyclic amines) is 1. The van der Waals surface area contributed by atoms with E-state index in [9.17, 15) is 5.11 Å². The van der Waals surface area contributed by atoms with Gasteiger partial charge in [0, 0.05) is 5.41 Å². The molecule has 1 fully saturated rings. The summed E-state index contributed by atoms with van der Waals surface area (Å²) in [6.07, 6.45) is 2.10. The molecule has 1 aromatic carbocycles. The van der Waals surface area contributed by atoms with Crippen molar-refractivity contribution in [3.8, 4) is 0 Å². The minimum Gasteiger partial charge on any atom is -0.395 e. The van der Waals surface area contributed by atoms with Gasteiger partial charge in [0.05, 0.1) is 6.61 Å². The quantitative estimate of drug-likeness (QED) is 0.885. The summed E-state index contributed by atoms with van der Waals surface area (Å²) in [5.74, 6) is 0. The molecule has 1 aliphatic rings. The molecule has 1 aliphatic heterocycles. The average Bonchev–Trinajstić information content (AvgIpc) is 2.39. The van der Waals surface area contributed by atoms with Gasteiger partial charge in [0.25, 0.3) is 0 Å². The molecule has 0 atom stereocenters. The molecule has 19 heavy (non-hydrogen) atoms. The van der Waals surface area contributed by atoms with Crippen molar-refractivity contribution in [1.82, 2.24) is 4.90 Å². The standard InChI is InChI=1S/C17H27NO/c1-16(2,3)14-5-7-15(8-6-14)17(13-19)9-11-18(4)12-10-17/h5-8,19H,9-13H2,1-4H3. The number of hydrogen-bond donors (Lipinski definition) is 1. The fraction of sp³-hybridized carbons (Fsp3) is 0.647. The highest BCUT2D eigenvalue weighted by Gasteiger charge is 2.34. The van der Waals surface area contributed by atoms with Crippen LogP contribution in [0.5, 0.6) is 0 Å². The predicted octanol–water partition coefficient (Wildman–Crippen LogP) is 2.94. The van der Waals surface area contributed by atoms with Crippen LogP contribution >= 0.6 is 0 Å². The summed E-state index contributed by atoms with van der Waals surface area (Å²) >= 11 is 0. The third kappa shape index (κ3) is 3.01. The van der Waals surface area contributed by atoms with E-state index in [-0.39, 0.29) is 17.4 Å². The average molecular weight is 261 g/mol. The highest BCUT2D eigenvalue weighted by atomic mass is 16.3. The number of benzene rings is 1. The Bertz CT molecular complexity index is 408. The minimum atomic E-state index is -0.0249. The van der Waals surface area contributed by atoms with Gasteiger partial charge in [-0.1, -0.05) is 45.0 Å². The molecule has 0 radical (unpaired) electrons. The summed E-state index contributed by atoms with van der Waals surface area (Å²) in [5.41, 5.74) is 2.83. The molecular weight excluding hydrogens is 234 g/mol. The molecule has 1 aromatic rings.